The minimum atomic E-state index is -6.08. The van der Waals surface area contributed by atoms with Crippen LogP contribution in [0.4, 0.5) is 29.2 Å². The minimum Gasteiger partial charge on any atom is -0.780 e. The van der Waals surface area contributed by atoms with Crippen molar-refractivity contribution in [2.24, 2.45) is 0 Å². The van der Waals surface area contributed by atoms with Crippen LogP contribution in [0, 0.1) is 27.7 Å². The normalized spacial score (nSPS) is 29.2. The highest BCUT2D eigenvalue weighted by Crippen LogP contribution is 2.57. The second-order valence-corrected chi connectivity index (χ2v) is 45.4. The number of fused-ring (bicyclic) bond motifs is 2. The Labute approximate surface area is 842 Å². The van der Waals surface area contributed by atoms with Gasteiger partial charge >= 0.3 is 22.8 Å². The number of phosphoric acid groups is 1. The molecule has 145 heavy (non-hydrogen) atoms. The SMILES string of the molecule is CC[C@H]1O[C@@H](n2cc(C)c(=O)[nH]c2=O)CC1OP([O-])(=S)OC[C@H]1O[C@@H](n2cnc3c(=O)[nH]c(N)nc32)[C@@H](OCCOC)C1OP(=O)([O-])OC[C@H]1O[C@@H](n2cc(C)c(N)nc2=O)[C@@H](OCCOC)C1OP(=O)([S-])OC[C@H]1O[C@@H](n2cnc3c(N)ncnc32)[C@@H](OCCOC)C1OP([O-])(=S)OC[C@H]1O[C@@H](n2cc(C)c(N)nc2=O)[C@@H](OCCOC)C1OP([O-])(=S)OC[C@H]1O[C@@H](n2cc(C)c(N)nc2=O)[C@@H](OCCOC)C1O. The molecule has 0 saturated carbocycles. The number of imidazole rings is 2. The standard InChI is InChI=1S/C76H112N21O39P5S4/c1-11-39-40(22-46(126-39)92-26-38(5)65(99)91-76(92)104)132-138(107,142)123-29-43-50(55(117-18-13-112-7)71(130-43)97-34-85-48-64(97)89-72(81)90-66(48)100)133-137(105,106)121-28-42-51(56(118-19-14-113-8)68(128-42)94-24-36(3)60(78)87-74(94)102)134-140(109,144)125-31-45-53(58(120-21-16-115-10)70(131-45)96-33-84-47-62(80)82-32-83-63(47)96)136-141(110,145)124-30-44-52(57(119-20-15-114-9)69(129-44)95-25-37(4)61(79)88-75(95)103)135-139(108,143)122-27-41-49(98)54(116-17-12-111-6)67(127-41)93-23-35(2)59(77)86-73(93)101/h23-26,32-34,39-46,49-58,67-71,98H,11-22,27-31H2,1-10H3,(H,105,106)(H,107,142)(H,108,143)(H,109,144)(H,110,145)(H2,77,86,101)(H2,78,87,102)(H2,79,88,103)(H2,80,82,83)(H,91,99,104)(H3,81,89,90,100)/p-5/t39-,40?,41-,42-,43-,44-,45-,46-,49?,50?,51?,52?,53?,54+,55+,56+,57+,58+,67-,68-,69-,70-,71-,138?,139?,140?,141?/m1/s1. The number of hydrogen-bond donors (Lipinski definition) is 8. The highest BCUT2D eigenvalue weighted by atomic mass is 32.7. The third-order valence-corrected chi connectivity index (χ3v) is 30.6. The quantitative estimate of drug-likeness (QED) is 0.0102. The van der Waals surface area contributed by atoms with Crippen LogP contribution in [0.3, 0.4) is 0 Å². The molecule has 6 fully saturated rings. The number of nitrogens with zero attached hydrogens (tertiary/aromatic N) is 14. The number of aliphatic hydroxyl groups is 1. The second kappa shape index (κ2) is 49.0. The maximum absolute atomic E-state index is 15.7. The number of nitrogens with one attached hydrogen (secondary N) is 2. The van der Waals surface area contributed by atoms with E-state index in [0.29, 0.717) is 5.56 Å². The fourth-order valence-electron chi connectivity index (χ4n) is 16.4. The molecule has 13 N–H and O–H groups in total. The van der Waals surface area contributed by atoms with Gasteiger partial charge in [-0.25, -0.2) is 39.1 Å². The Bertz CT molecular complexity index is 6500. The molecule has 6 aliphatic heterocycles. The number of nitrogen functional groups attached to an aromatic ring is 5. The summed E-state index contributed by atoms with van der Waals surface area (Å²) in [5.41, 5.74) is 25.7. The van der Waals surface area contributed by atoms with Crippen LogP contribution in [0.1, 0.15) is 79.4 Å². The van der Waals surface area contributed by atoms with Gasteiger partial charge < -0.3 is 187 Å². The maximum atomic E-state index is 15.7. The fraction of sp³-hybridized carbons (Fsp3) is 0.658. The van der Waals surface area contributed by atoms with Gasteiger partial charge in [0.05, 0.1) is 124 Å². The first kappa shape index (κ1) is 113. The van der Waals surface area contributed by atoms with E-state index in [1.807, 2.05) is 0 Å². The molecule has 14 rings (SSSR count). The zero-order chi connectivity index (χ0) is 105. The van der Waals surface area contributed by atoms with E-state index in [1.165, 1.54) is 92.0 Å². The average molecular weight is 2220 g/mol. The summed E-state index contributed by atoms with van der Waals surface area (Å²) in [5.74, 6) is -1.02. The summed E-state index contributed by atoms with van der Waals surface area (Å²) in [4.78, 5) is 178. The number of rotatable bonds is 52. The Morgan fingerprint density at radius 2 is 0.800 bits per heavy atom. The molecule has 6 saturated heterocycles. The lowest BCUT2D eigenvalue weighted by molar-refractivity contribution is -0.238. The Hall–Kier alpha value is -7.26. The number of aliphatic hydroxyl groups excluding tert-OH is 1. The van der Waals surface area contributed by atoms with Crippen molar-refractivity contribution in [2.75, 3.05) is 163 Å². The van der Waals surface area contributed by atoms with Gasteiger partial charge in [0.15, 0.2) is 60.6 Å². The van der Waals surface area contributed by atoms with E-state index in [0.717, 1.165) is 35.5 Å². The number of ether oxygens (including phenoxy) is 16. The van der Waals surface area contributed by atoms with Crippen molar-refractivity contribution in [1.82, 2.24) is 77.2 Å². The van der Waals surface area contributed by atoms with E-state index < -0.39 is 255 Å². The Balaban J connectivity index is 0.760. The fourth-order valence-corrected chi connectivity index (χ4v) is 23.1. The molecule has 0 bridgehead atoms. The molecule has 804 valence electrons. The predicted octanol–water partition coefficient (Wildman–Crippen LogP) is -3.98. The molecule has 8 aromatic rings. The van der Waals surface area contributed by atoms with E-state index in [1.54, 1.807) is 13.8 Å². The smallest absolute Gasteiger partial charge is 0.351 e. The number of methoxy groups -OCH3 is 5. The van der Waals surface area contributed by atoms with Crippen LogP contribution < -0.4 is 82.1 Å². The minimum absolute atomic E-state index is 0.00138. The second-order valence-electron chi connectivity index (χ2n) is 33.2. The monoisotopic (exact) mass is 2220 g/mol. The lowest BCUT2D eigenvalue weighted by Crippen LogP contribution is -2.42. The number of phosphoric ester groups is 1. The van der Waals surface area contributed by atoms with Gasteiger partial charge in [0, 0.05) is 89.0 Å². The van der Waals surface area contributed by atoms with Crippen LogP contribution in [-0.2, 0) is 178 Å². The highest BCUT2D eigenvalue weighted by Gasteiger charge is 2.57. The molecule has 0 spiro atoms. The van der Waals surface area contributed by atoms with Crippen molar-refractivity contribution >= 4 is 134 Å². The van der Waals surface area contributed by atoms with E-state index in [9.17, 15) is 43.7 Å². The molecule has 69 heteroatoms. The summed E-state index contributed by atoms with van der Waals surface area (Å²) in [7, 11) is 0.633. The molecule has 28 atom stereocenters. The number of hydrogen-bond acceptors (Lipinski definition) is 56. The number of nitrogens with two attached hydrogens (primary N) is 5. The summed E-state index contributed by atoms with van der Waals surface area (Å²) in [5, 5.41) is 11.8. The Morgan fingerprint density at radius 1 is 0.421 bits per heavy atom. The van der Waals surface area contributed by atoms with E-state index in [4.69, 9.17) is 197 Å². The third-order valence-electron chi connectivity index (χ3n) is 23.5. The molecule has 6 aliphatic rings. The summed E-state index contributed by atoms with van der Waals surface area (Å²) >= 11 is 22.5. The number of aromatic amines is 2. The summed E-state index contributed by atoms with van der Waals surface area (Å²) in [6.07, 6.45) is -28.9. The van der Waals surface area contributed by atoms with Crippen LogP contribution in [0.15, 0.2) is 72.5 Å². The van der Waals surface area contributed by atoms with Crippen LogP contribution in [0.2, 0.25) is 0 Å². The first-order valence-electron chi connectivity index (χ1n) is 44.3. The van der Waals surface area contributed by atoms with Gasteiger partial charge in [0.2, 0.25) is 5.95 Å². The Kier molecular flexibility index (Phi) is 38.3. The number of H-pyrrole nitrogens is 2. The Morgan fingerprint density at radius 3 is 1.26 bits per heavy atom. The lowest BCUT2D eigenvalue weighted by atomic mass is 10.1. The molecule has 0 aromatic carbocycles. The van der Waals surface area contributed by atoms with Crippen LogP contribution in [-0.4, -0.2) is 321 Å². The van der Waals surface area contributed by atoms with Gasteiger partial charge in [-0.05, 0) is 34.1 Å². The van der Waals surface area contributed by atoms with Gasteiger partial charge in [-0.2, -0.15) is 19.9 Å². The largest absolute Gasteiger partial charge is 0.780 e. The molecule has 8 aromatic heterocycles. The van der Waals surface area contributed by atoms with Gasteiger partial charge in [0.25, 0.3) is 18.9 Å². The van der Waals surface area contributed by atoms with Crippen LogP contribution in [0.25, 0.3) is 22.3 Å². The van der Waals surface area contributed by atoms with E-state index in [-0.39, 0.29) is 135 Å². The zero-order valence-corrected chi connectivity index (χ0v) is 86.6. The number of aryl methyl sites for hydroxylation is 4. The van der Waals surface area contributed by atoms with E-state index in [2.05, 4.69) is 49.8 Å². The lowest BCUT2D eigenvalue weighted by Gasteiger charge is -2.37. The average Bonchev–Trinajstić information content (AvgIpc) is 1.60. The number of anilines is 5. The molecule has 0 amide bonds. The first-order valence-corrected chi connectivity index (χ1v) is 55.9. The van der Waals surface area contributed by atoms with Crippen LogP contribution in [0.5, 0.6) is 0 Å². The molecular formula is C76H107N21O39P5S4-5. The maximum Gasteiger partial charge on any atom is 0.351 e. The van der Waals surface area contributed by atoms with Crippen molar-refractivity contribution in [3.05, 3.63) is 129 Å². The number of aromatic nitrogens is 16. The molecule has 0 radical (unpaired) electrons. The van der Waals surface area contributed by atoms with Gasteiger partial charge in [-0.3, -0.25) is 56.1 Å². The summed E-state index contributed by atoms with van der Waals surface area (Å²) < 4.78 is 194. The van der Waals surface area contributed by atoms with Gasteiger partial charge in [0.1, 0.15) is 147 Å². The van der Waals surface area contributed by atoms with Gasteiger partial charge in [-0.1, -0.05) is 42.3 Å². The zero-order valence-electron chi connectivity index (χ0n) is 78.8. The van der Waals surface area contributed by atoms with E-state index >= 15 is 18.9 Å². The molecular weight excluding hydrogens is 2110 g/mol. The first-order chi connectivity index (χ1) is 68.9. The highest BCUT2D eigenvalue weighted by molar-refractivity contribution is 8.32. The summed E-state index contributed by atoms with van der Waals surface area (Å²) in [6.45, 7) is -20.1. The molecule has 11 unspecified atom stereocenters. The van der Waals surface area contributed by atoms with Crippen LogP contribution >= 0.6 is 34.8 Å². The molecule has 60 nitrogen and oxygen atoms in total. The topological polar surface area (TPSA) is 783 Å². The van der Waals surface area contributed by atoms with Crippen molar-refractivity contribution < 1.29 is 155 Å². The predicted molar refractivity (Wildman–Crippen MR) is 503 cm³/mol. The summed E-state index contributed by atoms with van der Waals surface area (Å²) in [6, 6.07) is 0. The van der Waals surface area contributed by atoms with Gasteiger partial charge in [-0.15, -0.1) is 0 Å². The van der Waals surface area contributed by atoms with Crippen molar-refractivity contribution in [3.8, 4) is 0 Å². The van der Waals surface area contributed by atoms with Crippen molar-refractivity contribution in [1.29, 1.82) is 0 Å². The van der Waals surface area contributed by atoms with Crippen molar-refractivity contribution in [3.63, 3.8) is 0 Å². The molecule has 0 aliphatic carbocycles. The third kappa shape index (κ3) is 27.1. The molecule has 14 heterocycles. The van der Waals surface area contributed by atoms with Crippen molar-refractivity contribution in [2.45, 2.75) is 189 Å².